The molecule has 1 aliphatic rings. The summed E-state index contributed by atoms with van der Waals surface area (Å²) in [5, 5.41) is 2.48. The van der Waals surface area contributed by atoms with Crippen molar-refractivity contribution < 1.29 is 19.1 Å². The highest BCUT2D eigenvalue weighted by Crippen LogP contribution is 2.22. The Morgan fingerprint density at radius 3 is 2.62 bits per heavy atom. The van der Waals surface area contributed by atoms with Crippen LogP contribution in [-0.4, -0.2) is 36.8 Å². The van der Waals surface area contributed by atoms with E-state index < -0.39 is 5.97 Å². The highest BCUT2D eigenvalue weighted by Gasteiger charge is 2.21. The molecule has 7 heteroatoms. The number of esters is 1. The molecule has 114 valence electrons. The van der Waals surface area contributed by atoms with Crippen LogP contribution in [0.15, 0.2) is 17.1 Å². The minimum absolute atomic E-state index is 0.0129. The second-order valence-corrected chi connectivity index (χ2v) is 4.86. The molecule has 1 amide bonds. The summed E-state index contributed by atoms with van der Waals surface area (Å²) in [6, 6.07) is 1.24. The van der Waals surface area contributed by atoms with Crippen molar-refractivity contribution in [3.8, 4) is 0 Å². The first-order valence-electron chi connectivity index (χ1n) is 6.72. The van der Waals surface area contributed by atoms with Crippen LogP contribution in [-0.2, 0) is 14.3 Å². The average Bonchev–Trinajstić information content (AvgIpc) is 2.47. The van der Waals surface area contributed by atoms with Crippen molar-refractivity contribution in [3.63, 3.8) is 0 Å². The number of nitrogens with zero attached hydrogens (tertiary/aromatic N) is 1. The second kappa shape index (κ2) is 6.53. The van der Waals surface area contributed by atoms with E-state index in [1.807, 2.05) is 0 Å². The molecular formula is C14H18N2O5. The first kappa shape index (κ1) is 15.2. The molecule has 0 radical (unpaired) electrons. The number of carbonyl (C=O) groups is 2. The van der Waals surface area contributed by atoms with Crippen LogP contribution in [0.4, 0.5) is 5.69 Å². The van der Waals surface area contributed by atoms with Gasteiger partial charge in [-0.25, -0.2) is 4.79 Å². The summed E-state index contributed by atoms with van der Waals surface area (Å²) < 4.78 is 11.5. The number of pyridine rings is 1. The standard InChI is InChI=1S/C14H18N2O5/c1-9(17)15-12-7-13(18)16(8-11(12)14(19)20-2)10-3-5-21-6-4-10/h7-8,10H,3-6H2,1-2H3,(H,15,17). The maximum Gasteiger partial charge on any atom is 0.341 e. The molecule has 2 heterocycles. The van der Waals surface area contributed by atoms with Gasteiger partial charge in [0.05, 0.1) is 18.4 Å². The Bertz CT molecular complexity index is 602. The number of nitrogens with one attached hydrogen (secondary N) is 1. The Labute approximate surface area is 121 Å². The molecule has 0 aliphatic carbocycles. The third kappa shape index (κ3) is 3.49. The first-order valence-corrected chi connectivity index (χ1v) is 6.72. The van der Waals surface area contributed by atoms with Gasteiger partial charge in [0.15, 0.2) is 0 Å². The van der Waals surface area contributed by atoms with Gasteiger partial charge in [-0.05, 0) is 12.8 Å². The summed E-state index contributed by atoms with van der Waals surface area (Å²) in [5.74, 6) is -0.956. The van der Waals surface area contributed by atoms with Crippen LogP contribution in [0.3, 0.4) is 0 Å². The molecule has 1 fully saturated rings. The Morgan fingerprint density at radius 2 is 2.05 bits per heavy atom. The molecule has 0 atom stereocenters. The largest absolute Gasteiger partial charge is 0.465 e. The minimum atomic E-state index is -0.598. The average molecular weight is 294 g/mol. The maximum absolute atomic E-state index is 12.2. The summed E-state index contributed by atoms with van der Waals surface area (Å²) >= 11 is 0. The van der Waals surface area contributed by atoms with Gasteiger partial charge in [-0.15, -0.1) is 0 Å². The fourth-order valence-electron chi connectivity index (χ4n) is 2.36. The maximum atomic E-state index is 12.2. The molecule has 7 nitrogen and oxygen atoms in total. The van der Waals surface area contributed by atoms with Crippen molar-refractivity contribution in [1.29, 1.82) is 0 Å². The van der Waals surface area contributed by atoms with E-state index in [0.29, 0.717) is 26.1 Å². The van der Waals surface area contributed by atoms with Crippen LogP contribution in [0.2, 0.25) is 0 Å². The lowest BCUT2D eigenvalue weighted by Gasteiger charge is -2.25. The van der Waals surface area contributed by atoms with Gasteiger partial charge in [-0.2, -0.15) is 0 Å². The smallest absolute Gasteiger partial charge is 0.341 e. The summed E-state index contributed by atoms with van der Waals surface area (Å²) in [5.41, 5.74) is 0.0692. The van der Waals surface area contributed by atoms with Gasteiger partial charge in [0.2, 0.25) is 5.91 Å². The predicted octanol–water partition coefficient (Wildman–Crippen LogP) is 0.945. The molecule has 0 spiro atoms. The monoisotopic (exact) mass is 294 g/mol. The van der Waals surface area contributed by atoms with Crippen LogP contribution in [0, 0.1) is 0 Å². The number of aromatic nitrogens is 1. The van der Waals surface area contributed by atoms with Gasteiger partial charge in [-0.1, -0.05) is 0 Å². The van der Waals surface area contributed by atoms with Gasteiger partial charge in [0, 0.05) is 38.4 Å². The van der Waals surface area contributed by atoms with Crippen molar-refractivity contribution in [2.24, 2.45) is 0 Å². The topological polar surface area (TPSA) is 86.6 Å². The van der Waals surface area contributed by atoms with E-state index in [-0.39, 0.29) is 28.8 Å². The van der Waals surface area contributed by atoms with Crippen LogP contribution in [0.5, 0.6) is 0 Å². The summed E-state index contributed by atoms with van der Waals surface area (Å²) in [6.45, 7) is 2.47. The number of ether oxygens (including phenoxy) is 2. The Hall–Kier alpha value is -2.15. The lowest BCUT2D eigenvalue weighted by Crippen LogP contribution is -2.30. The molecule has 2 rings (SSSR count). The van der Waals surface area contributed by atoms with E-state index in [9.17, 15) is 14.4 Å². The molecule has 0 bridgehead atoms. The molecule has 1 aromatic rings. The Morgan fingerprint density at radius 1 is 1.38 bits per heavy atom. The zero-order chi connectivity index (χ0) is 15.4. The van der Waals surface area contributed by atoms with Gasteiger partial charge in [0.1, 0.15) is 0 Å². The van der Waals surface area contributed by atoms with Crippen LogP contribution < -0.4 is 10.9 Å². The van der Waals surface area contributed by atoms with E-state index in [2.05, 4.69) is 5.32 Å². The molecular weight excluding hydrogens is 276 g/mol. The van der Waals surface area contributed by atoms with Crippen LogP contribution in [0.25, 0.3) is 0 Å². The van der Waals surface area contributed by atoms with Crippen molar-refractivity contribution >= 4 is 17.6 Å². The number of carbonyl (C=O) groups excluding carboxylic acids is 2. The van der Waals surface area contributed by atoms with Gasteiger partial charge >= 0.3 is 5.97 Å². The minimum Gasteiger partial charge on any atom is -0.465 e. The van der Waals surface area contributed by atoms with Crippen molar-refractivity contribution in [1.82, 2.24) is 4.57 Å². The SMILES string of the molecule is COC(=O)c1cn(C2CCOCC2)c(=O)cc1NC(C)=O. The third-order valence-electron chi connectivity index (χ3n) is 3.38. The lowest BCUT2D eigenvalue weighted by atomic mass is 10.1. The number of rotatable bonds is 3. The highest BCUT2D eigenvalue weighted by molar-refractivity contribution is 6.00. The number of amides is 1. The highest BCUT2D eigenvalue weighted by atomic mass is 16.5. The molecule has 0 saturated carbocycles. The molecule has 0 aromatic carbocycles. The quantitative estimate of drug-likeness (QED) is 0.839. The van der Waals surface area contributed by atoms with Crippen molar-refractivity contribution in [2.75, 3.05) is 25.6 Å². The summed E-state index contributed by atoms with van der Waals surface area (Å²) in [7, 11) is 1.25. The molecule has 0 unspecified atom stereocenters. The first-order chi connectivity index (χ1) is 10.0. The molecule has 1 N–H and O–H groups in total. The Balaban J connectivity index is 2.45. The predicted molar refractivity (Wildman–Crippen MR) is 75.4 cm³/mol. The number of anilines is 1. The summed E-state index contributed by atoms with van der Waals surface area (Å²) in [6.07, 6.45) is 2.87. The normalized spacial score (nSPS) is 15.5. The zero-order valence-corrected chi connectivity index (χ0v) is 12.0. The van der Waals surface area contributed by atoms with E-state index in [1.54, 1.807) is 0 Å². The summed E-state index contributed by atoms with van der Waals surface area (Å²) in [4.78, 5) is 35.2. The van der Waals surface area contributed by atoms with Crippen molar-refractivity contribution in [2.45, 2.75) is 25.8 Å². The van der Waals surface area contributed by atoms with E-state index in [4.69, 9.17) is 9.47 Å². The van der Waals surface area contributed by atoms with E-state index in [0.717, 1.165) is 0 Å². The van der Waals surface area contributed by atoms with E-state index >= 15 is 0 Å². The number of hydrogen-bond donors (Lipinski definition) is 1. The lowest BCUT2D eigenvalue weighted by molar-refractivity contribution is -0.114. The fourth-order valence-corrected chi connectivity index (χ4v) is 2.36. The molecule has 1 saturated heterocycles. The molecule has 1 aromatic heterocycles. The van der Waals surface area contributed by atoms with Gasteiger partial charge < -0.3 is 19.4 Å². The third-order valence-corrected chi connectivity index (χ3v) is 3.38. The van der Waals surface area contributed by atoms with Gasteiger partial charge in [0.25, 0.3) is 5.56 Å². The fraction of sp³-hybridized carbons (Fsp3) is 0.500. The van der Waals surface area contributed by atoms with Crippen molar-refractivity contribution in [3.05, 3.63) is 28.2 Å². The Kier molecular flexibility index (Phi) is 4.74. The molecule has 21 heavy (non-hydrogen) atoms. The number of methoxy groups -OCH3 is 1. The second-order valence-electron chi connectivity index (χ2n) is 4.86. The van der Waals surface area contributed by atoms with Crippen LogP contribution in [0.1, 0.15) is 36.2 Å². The van der Waals surface area contributed by atoms with Crippen LogP contribution >= 0.6 is 0 Å². The zero-order valence-electron chi connectivity index (χ0n) is 12.0. The molecule has 1 aliphatic heterocycles. The van der Waals surface area contributed by atoms with Gasteiger partial charge in [-0.3, -0.25) is 9.59 Å². The number of hydrogen-bond acceptors (Lipinski definition) is 5. The van der Waals surface area contributed by atoms with E-state index in [1.165, 1.54) is 30.9 Å².